The van der Waals surface area contributed by atoms with E-state index in [-0.39, 0.29) is 0 Å². The summed E-state index contributed by atoms with van der Waals surface area (Å²) in [6.07, 6.45) is 9.30. The molecule has 0 spiro atoms. The van der Waals surface area contributed by atoms with Crippen LogP contribution in [0.5, 0.6) is 0 Å². The Kier molecular flexibility index (Phi) is 6.43. The van der Waals surface area contributed by atoms with Crippen LogP contribution in [0.2, 0.25) is 0 Å². The topological polar surface area (TPSA) is 0 Å². The van der Waals surface area contributed by atoms with Gasteiger partial charge in [0, 0.05) is 0 Å². The number of rotatable bonds is 8. The second-order valence-corrected chi connectivity index (χ2v) is 10.3. The first kappa shape index (κ1) is 22.8. The van der Waals surface area contributed by atoms with Crippen molar-refractivity contribution in [3.05, 3.63) is 109 Å². The lowest BCUT2D eigenvalue weighted by molar-refractivity contribution is 0.607. The van der Waals surface area contributed by atoms with Crippen LogP contribution in [0.1, 0.15) is 51.0 Å². The molecule has 0 nitrogen and oxygen atoms in total. The van der Waals surface area contributed by atoms with Gasteiger partial charge in [-0.15, -0.1) is 0 Å². The van der Waals surface area contributed by atoms with Crippen molar-refractivity contribution in [3.8, 4) is 11.1 Å². The van der Waals surface area contributed by atoms with Crippen LogP contribution in [0, 0.1) is 0 Å². The maximum absolute atomic E-state index is 2.41. The van der Waals surface area contributed by atoms with E-state index in [1.165, 1.54) is 105 Å². The van der Waals surface area contributed by atoms with E-state index in [1.54, 1.807) is 0 Å². The Bertz CT molecular complexity index is 1660. The van der Waals surface area contributed by atoms with Gasteiger partial charge < -0.3 is 0 Å². The molecule has 0 heteroatoms. The monoisotopic (exact) mass is 466 g/mol. The van der Waals surface area contributed by atoms with E-state index in [2.05, 4.69) is 110 Å². The maximum Gasteiger partial charge on any atom is -0.00990 e. The van der Waals surface area contributed by atoms with Crippen molar-refractivity contribution in [1.82, 2.24) is 0 Å². The Labute approximate surface area is 214 Å². The predicted octanol–water partition coefficient (Wildman–Crippen LogP) is 10.9. The summed E-state index contributed by atoms with van der Waals surface area (Å²) in [5.74, 6) is 0. The van der Waals surface area contributed by atoms with Gasteiger partial charge in [0.25, 0.3) is 0 Å². The minimum atomic E-state index is 1.19. The number of aryl methyl sites for hydroxylation is 1. The van der Waals surface area contributed by atoms with Crippen molar-refractivity contribution in [2.24, 2.45) is 0 Å². The number of fused-ring (bicyclic) bond motifs is 6. The van der Waals surface area contributed by atoms with Crippen molar-refractivity contribution < 1.29 is 0 Å². The van der Waals surface area contributed by atoms with Crippen LogP contribution in [-0.2, 0) is 6.42 Å². The Morgan fingerprint density at radius 3 is 1.69 bits per heavy atom. The second-order valence-electron chi connectivity index (χ2n) is 10.3. The van der Waals surface area contributed by atoms with Crippen molar-refractivity contribution in [1.29, 1.82) is 0 Å². The van der Waals surface area contributed by atoms with E-state index in [9.17, 15) is 0 Å². The summed E-state index contributed by atoms with van der Waals surface area (Å²) in [6.45, 7) is 2.28. The molecule has 6 rings (SSSR count). The summed E-state index contributed by atoms with van der Waals surface area (Å²) in [6, 6.07) is 38.6. The van der Waals surface area contributed by atoms with Crippen molar-refractivity contribution in [2.75, 3.05) is 0 Å². The number of hydrogen-bond donors (Lipinski definition) is 0. The maximum atomic E-state index is 2.41. The van der Waals surface area contributed by atoms with E-state index in [0.29, 0.717) is 0 Å². The smallest absolute Gasteiger partial charge is 0.00990 e. The van der Waals surface area contributed by atoms with E-state index < -0.39 is 0 Å². The molecule has 0 heterocycles. The molecular weight excluding hydrogens is 432 g/mol. The van der Waals surface area contributed by atoms with Gasteiger partial charge in [-0.1, -0.05) is 124 Å². The molecule has 0 bridgehead atoms. The van der Waals surface area contributed by atoms with Gasteiger partial charge in [0.15, 0.2) is 0 Å². The highest BCUT2D eigenvalue weighted by Crippen LogP contribution is 2.35. The van der Waals surface area contributed by atoms with Gasteiger partial charge in [0.1, 0.15) is 0 Å². The highest BCUT2D eigenvalue weighted by Gasteiger charge is 2.08. The van der Waals surface area contributed by atoms with Crippen molar-refractivity contribution in [3.63, 3.8) is 0 Å². The summed E-state index contributed by atoms with van der Waals surface area (Å²) in [7, 11) is 0. The zero-order valence-electron chi connectivity index (χ0n) is 21.3. The van der Waals surface area contributed by atoms with Gasteiger partial charge in [0.05, 0.1) is 0 Å². The first-order valence-corrected chi connectivity index (χ1v) is 13.7. The number of hydrogen-bond acceptors (Lipinski definition) is 0. The SMILES string of the molecule is CCCCCCCCc1ccc2c(ccc3cc4c(ccc5cc(-c6ccccc6)ccc54)cc32)c1. The molecule has 6 aromatic rings. The Hall–Kier alpha value is -3.64. The lowest BCUT2D eigenvalue weighted by atomic mass is 9.93. The summed E-state index contributed by atoms with van der Waals surface area (Å²) < 4.78 is 0. The number of benzene rings is 6. The highest BCUT2D eigenvalue weighted by molar-refractivity contribution is 6.17. The first-order chi connectivity index (χ1) is 17.8. The fraction of sp³-hybridized carbons (Fsp3) is 0.222. The minimum absolute atomic E-state index is 1.19. The van der Waals surface area contributed by atoms with E-state index in [4.69, 9.17) is 0 Å². The van der Waals surface area contributed by atoms with Crippen molar-refractivity contribution in [2.45, 2.75) is 51.9 Å². The summed E-state index contributed by atoms with van der Waals surface area (Å²) in [4.78, 5) is 0. The molecule has 0 saturated heterocycles. The van der Waals surface area contributed by atoms with Crippen LogP contribution in [0.25, 0.3) is 54.2 Å². The average molecular weight is 467 g/mol. The lowest BCUT2D eigenvalue weighted by Crippen LogP contribution is -1.88. The van der Waals surface area contributed by atoms with Gasteiger partial charge in [-0.25, -0.2) is 0 Å². The summed E-state index contributed by atoms with van der Waals surface area (Å²) >= 11 is 0. The molecule has 36 heavy (non-hydrogen) atoms. The fourth-order valence-electron chi connectivity index (χ4n) is 5.75. The highest BCUT2D eigenvalue weighted by atomic mass is 14.1. The third kappa shape index (κ3) is 4.49. The molecule has 0 aliphatic heterocycles. The number of unbranched alkanes of at least 4 members (excludes halogenated alkanes) is 5. The first-order valence-electron chi connectivity index (χ1n) is 13.7. The molecular formula is C36H34. The van der Waals surface area contributed by atoms with Crippen LogP contribution < -0.4 is 0 Å². The molecule has 0 aliphatic rings. The van der Waals surface area contributed by atoms with Crippen LogP contribution in [0.4, 0.5) is 0 Å². The van der Waals surface area contributed by atoms with Gasteiger partial charge in [-0.05, 0) is 90.8 Å². The van der Waals surface area contributed by atoms with Gasteiger partial charge in [-0.2, -0.15) is 0 Å². The van der Waals surface area contributed by atoms with Gasteiger partial charge >= 0.3 is 0 Å². The van der Waals surface area contributed by atoms with Gasteiger partial charge in [0.2, 0.25) is 0 Å². The lowest BCUT2D eigenvalue weighted by Gasteiger charge is -2.11. The normalized spacial score (nSPS) is 11.7. The van der Waals surface area contributed by atoms with Crippen LogP contribution in [0.15, 0.2) is 103 Å². The van der Waals surface area contributed by atoms with E-state index in [1.807, 2.05) is 0 Å². The molecule has 0 saturated carbocycles. The van der Waals surface area contributed by atoms with E-state index in [0.717, 1.165) is 0 Å². The Morgan fingerprint density at radius 2 is 1.00 bits per heavy atom. The largest absolute Gasteiger partial charge is 0.0654 e. The van der Waals surface area contributed by atoms with Crippen molar-refractivity contribution >= 4 is 43.1 Å². The third-order valence-corrected chi connectivity index (χ3v) is 7.78. The fourth-order valence-corrected chi connectivity index (χ4v) is 5.75. The van der Waals surface area contributed by atoms with Crippen LogP contribution >= 0.6 is 0 Å². The molecule has 0 amide bonds. The molecule has 178 valence electrons. The molecule has 0 fully saturated rings. The molecule has 0 unspecified atom stereocenters. The van der Waals surface area contributed by atoms with E-state index >= 15 is 0 Å². The molecule has 0 aromatic heterocycles. The second kappa shape index (κ2) is 10.2. The molecule has 0 aliphatic carbocycles. The Morgan fingerprint density at radius 1 is 0.417 bits per heavy atom. The molecule has 0 radical (unpaired) electrons. The summed E-state index contributed by atoms with van der Waals surface area (Å²) in [5.41, 5.74) is 4.00. The van der Waals surface area contributed by atoms with Gasteiger partial charge in [-0.3, -0.25) is 0 Å². The Balaban J connectivity index is 1.33. The minimum Gasteiger partial charge on any atom is -0.0654 e. The predicted molar refractivity (Wildman–Crippen MR) is 159 cm³/mol. The molecule has 0 atom stereocenters. The van der Waals surface area contributed by atoms with Crippen LogP contribution in [0.3, 0.4) is 0 Å². The standard InChI is InChI=1S/C36H34/c1-2-3-4-5-6-8-11-26-14-20-33-29(22-26)15-17-31-25-36-32(24-35(31)33)18-16-30-23-28(19-21-34(30)36)27-12-9-7-10-13-27/h7,9-10,12-25H,2-6,8,11H2,1H3. The zero-order chi connectivity index (χ0) is 24.3. The molecule has 6 aromatic carbocycles. The van der Waals surface area contributed by atoms with Crippen LogP contribution in [-0.4, -0.2) is 0 Å². The zero-order valence-corrected chi connectivity index (χ0v) is 21.3. The molecule has 0 N–H and O–H groups in total. The average Bonchev–Trinajstić information content (AvgIpc) is 2.94. The quantitative estimate of drug-likeness (QED) is 0.119. The third-order valence-electron chi connectivity index (χ3n) is 7.78. The summed E-state index contributed by atoms with van der Waals surface area (Å²) in [5, 5.41) is 10.7.